The number of hydrogen-bond acceptors (Lipinski definition) is 1. The molecule has 86 valence electrons. The fourth-order valence-corrected chi connectivity index (χ4v) is 1.21. The molecule has 1 aliphatic carbocycles. The lowest BCUT2D eigenvalue weighted by atomic mass is 9.95. The molecule has 15 heavy (non-hydrogen) atoms. The summed E-state index contributed by atoms with van der Waals surface area (Å²) in [4.78, 5) is 0. The van der Waals surface area contributed by atoms with E-state index in [1.54, 1.807) is 0 Å². The van der Waals surface area contributed by atoms with E-state index in [2.05, 4.69) is 0 Å². The first-order chi connectivity index (χ1) is 6.60. The molecule has 1 atom stereocenters. The van der Waals surface area contributed by atoms with Crippen LogP contribution in [-0.4, -0.2) is 18.4 Å². The Labute approximate surface area is 81.2 Å². The average Bonchev–Trinajstić information content (AvgIpc) is 1.99. The topological polar surface area (TPSA) is 26.0 Å². The van der Waals surface area contributed by atoms with Gasteiger partial charge in [-0.15, -0.1) is 0 Å². The fourth-order valence-electron chi connectivity index (χ4n) is 1.21. The Morgan fingerprint density at radius 1 is 1.07 bits per heavy atom. The van der Waals surface area contributed by atoms with Crippen LogP contribution in [0.5, 0.6) is 0 Å². The molecule has 2 N–H and O–H groups in total. The first kappa shape index (κ1) is 12.1. The van der Waals surface area contributed by atoms with Gasteiger partial charge in [-0.1, -0.05) is 6.08 Å². The van der Waals surface area contributed by atoms with Gasteiger partial charge in [0.15, 0.2) is 0 Å². The Bertz CT molecular complexity index is 308. The van der Waals surface area contributed by atoms with Crippen LogP contribution in [0.4, 0.5) is 26.3 Å². The van der Waals surface area contributed by atoms with E-state index in [9.17, 15) is 26.3 Å². The molecule has 0 fully saturated rings. The highest BCUT2D eigenvalue weighted by atomic mass is 19.4. The number of allylic oxidation sites excluding steroid dienone is 2. The van der Waals surface area contributed by atoms with E-state index >= 15 is 0 Å². The summed E-state index contributed by atoms with van der Waals surface area (Å²) in [6.07, 6.45) is -9.49. The maximum atomic E-state index is 12.2. The second-order valence-electron chi connectivity index (χ2n) is 3.16. The van der Waals surface area contributed by atoms with Gasteiger partial charge in [0.1, 0.15) is 0 Å². The second-order valence-corrected chi connectivity index (χ2v) is 3.16. The van der Waals surface area contributed by atoms with Crippen molar-refractivity contribution in [1.82, 2.24) is 0 Å². The van der Waals surface area contributed by atoms with Crippen molar-refractivity contribution in [2.45, 2.75) is 24.8 Å². The zero-order valence-corrected chi connectivity index (χ0v) is 7.28. The molecule has 0 saturated carbocycles. The molecule has 0 spiro atoms. The Morgan fingerprint density at radius 3 is 2.00 bits per heavy atom. The van der Waals surface area contributed by atoms with Gasteiger partial charge in [0, 0.05) is 11.6 Å². The van der Waals surface area contributed by atoms with E-state index in [-0.39, 0.29) is 6.08 Å². The first-order valence-corrected chi connectivity index (χ1v) is 3.93. The van der Waals surface area contributed by atoms with Crippen LogP contribution in [0.2, 0.25) is 0 Å². The molecule has 0 heterocycles. The predicted molar refractivity (Wildman–Crippen MR) is 40.9 cm³/mol. The smallest absolute Gasteiger partial charge is 0.324 e. The molecule has 0 aromatic carbocycles. The predicted octanol–water partition coefficient (Wildman–Crippen LogP) is 2.69. The van der Waals surface area contributed by atoms with E-state index in [4.69, 9.17) is 5.73 Å². The molecule has 1 rings (SSSR count). The SMILES string of the molecule is N[C@@H]1C=C(C(F)(F)F)C=C(C(F)(F)F)C1. The highest BCUT2D eigenvalue weighted by Gasteiger charge is 2.41. The van der Waals surface area contributed by atoms with E-state index in [0.29, 0.717) is 6.08 Å². The maximum Gasteiger partial charge on any atom is 0.416 e. The second kappa shape index (κ2) is 3.55. The summed E-state index contributed by atoms with van der Waals surface area (Å²) < 4.78 is 72.9. The molecule has 1 aliphatic rings. The molecule has 0 unspecified atom stereocenters. The van der Waals surface area contributed by atoms with Gasteiger partial charge in [0.05, 0.1) is 5.57 Å². The summed E-state index contributed by atoms with van der Waals surface area (Å²) >= 11 is 0. The lowest BCUT2D eigenvalue weighted by Gasteiger charge is -2.21. The van der Waals surface area contributed by atoms with Crippen molar-refractivity contribution in [2.75, 3.05) is 0 Å². The van der Waals surface area contributed by atoms with Gasteiger partial charge >= 0.3 is 12.4 Å². The molecule has 0 aromatic rings. The van der Waals surface area contributed by atoms with Gasteiger partial charge in [-0.2, -0.15) is 26.3 Å². The van der Waals surface area contributed by atoms with Crippen molar-refractivity contribution in [3.63, 3.8) is 0 Å². The molecule has 7 heteroatoms. The van der Waals surface area contributed by atoms with Crippen LogP contribution in [0.15, 0.2) is 23.3 Å². The molecule has 0 aliphatic heterocycles. The molecule has 0 aromatic heterocycles. The fraction of sp³-hybridized carbons (Fsp3) is 0.500. The van der Waals surface area contributed by atoms with Gasteiger partial charge < -0.3 is 5.73 Å². The van der Waals surface area contributed by atoms with Gasteiger partial charge in [-0.25, -0.2) is 0 Å². The lowest BCUT2D eigenvalue weighted by molar-refractivity contribution is -0.0991. The number of nitrogens with two attached hydrogens (primary N) is 1. The van der Waals surface area contributed by atoms with E-state index in [0.717, 1.165) is 0 Å². The van der Waals surface area contributed by atoms with Crippen LogP contribution in [0.3, 0.4) is 0 Å². The summed E-state index contributed by atoms with van der Waals surface area (Å²) in [6.45, 7) is 0. The van der Waals surface area contributed by atoms with Gasteiger partial charge in [-0.3, -0.25) is 0 Å². The van der Waals surface area contributed by atoms with Crippen molar-refractivity contribution < 1.29 is 26.3 Å². The highest BCUT2D eigenvalue weighted by Crippen LogP contribution is 2.37. The quantitative estimate of drug-likeness (QED) is 0.637. The van der Waals surface area contributed by atoms with Crippen LogP contribution < -0.4 is 5.73 Å². The van der Waals surface area contributed by atoms with Crippen LogP contribution in [0, 0.1) is 0 Å². The summed E-state index contributed by atoms with van der Waals surface area (Å²) in [6, 6.07) is -1.25. The minimum atomic E-state index is -4.80. The maximum absolute atomic E-state index is 12.2. The zero-order valence-electron chi connectivity index (χ0n) is 7.28. The van der Waals surface area contributed by atoms with Crippen molar-refractivity contribution in [3.05, 3.63) is 23.3 Å². The molecular formula is C8H7F6N. The van der Waals surface area contributed by atoms with E-state index in [1.165, 1.54) is 0 Å². The third-order valence-electron chi connectivity index (χ3n) is 1.87. The van der Waals surface area contributed by atoms with Crippen molar-refractivity contribution >= 4 is 0 Å². The van der Waals surface area contributed by atoms with Crippen LogP contribution in [0.1, 0.15) is 6.42 Å². The number of hydrogen-bond donors (Lipinski definition) is 1. The number of rotatable bonds is 0. The van der Waals surface area contributed by atoms with Crippen molar-refractivity contribution in [1.29, 1.82) is 0 Å². The third-order valence-corrected chi connectivity index (χ3v) is 1.87. The minimum Gasteiger partial charge on any atom is -0.324 e. The number of alkyl halides is 6. The van der Waals surface area contributed by atoms with Crippen LogP contribution >= 0.6 is 0 Å². The summed E-state index contributed by atoms with van der Waals surface area (Å²) in [5, 5.41) is 0. The molecule has 1 nitrogen and oxygen atoms in total. The van der Waals surface area contributed by atoms with Crippen molar-refractivity contribution in [3.8, 4) is 0 Å². The standard InChI is InChI=1S/C8H7F6N/c9-7(10,11)4-1-5(8(12,13)14)3-6(15)2-4/h1-2,6H,3,15H2/t6-/m1/s1. The first-order valence-electron chi connectivity index (χ1n) is 3.93. The van der Waals surface area contributed by atoms with Gasteiger partial charge in [0.2, 0.25) is 0 Å². The molecule has 0 amide bonds. The van der Waals surface area contributed by atoms with E-state index < -0.39 is 36.0 Å². The molecule has 0 saturated heterocycles. The Kier molecular flexibility index (Phi) is 2.86. The third kappa shape index (κ3) is 2.98. The largest absolute Gasteiger partial charge is 0.416 e. The summed E-state index contributed by atoms with van der Waals surface area (Å²) in [7, 11) is 0. The Hall–Kier alpha value is -0.980. The van der Waals surface area contributed by atoms with Gasteiger partial charge in [0.25, 0.3) is 0 Å². The van der Waals surface area contributed by atoms with E-state index in [1.807, 2.05) is 0 Å². The summed E-state index contributed by atoms with van der Waals surface area (Å²) in [5.41, 5.74) is 2.51. The molecular weight excluding hydrogens is 224 g/mol. The lowest BCUT2D eigenvalue weighted by Crippen LogP contribution is -2.29. The van der Waals surface area contributed by atoms with Crippen molar-refractivity contribution in [2.24, 2.45) is 5.73 Å². The zero-order chi connectivity index (χ0) is 11.9. The molecule has 0 radical (unpaired) electrons. The average molecular weight is 231 g/mol. The Morgan fingerprint density at radius 2 is 1.60 bits per heavy atom. The Balaban J connectivity index is 3.06. The van der Waals surface area contributed by atoms with Crippen LogP contribution in [-0.2, 0) is 0 Å². The molecule has 0 bridgehead atoms. The summed E-state index contributed by atoms with van der Waals surface area (Å²) in [5.74, 6) is 0. The van der Waals surface area contributed by atoms with Gasteiger partial charge in [-0.05, 0) is 12.5 Å². The normalized spacial score (nSPS) is 23.5. The number of halogens is 6. The minimum absolute atomic E-state index is 0.101. The highest BCUT2D eigenvalue weighted by molar-refractivity contribution is 5.35. The monoisotopic (exact) mass is 231 g/mol. The van der Waals surface area contributed by atoms with Crippen LogP contribution in [0.25, 0.3) is 0 Å².